The van der Waals surface area contributed by atoms with Gasteiger partial charge in [0.25, 0.3) is 0 Å². The Morgan fingerprint density at radius 3 is 2.60 bits per heavy atom. The molecule has 1 saturated heterocycles. The first-order chi connectivity index (χ1) is 12.3. The van der Waals surface area contributed by atoms with Crippen LogP contribution in [0.4, 0.5) is 5.69 Å². The van der Waals surface area contributed by atoms with Gasteiger partial charge in [-0.1, -0.05) is 0 Å². The number of anilines is 1. The van der Waals surface area contributed by atoms with Crippen LogP contribution in [-0.4, -0.2) is 47.0 Å². The maximum Gasteiger partial charge on any atom is 0.228 e. The molecule has 4 heterocycles. The predicted molar refractivity (Wildman–Crippen MR) is 102 cm³/mol. The van der Waals surface area contributed by atoms with E-state index in [1.54, 1.807) is 35.1 Å². The summed E-state index contributed by atoms with van der Waals surface area (Å²) in [5.41, 5.74) is 3.18. The lowest BCUT2D eigenvalue weighted by Crippen LogP contribution is -2.49. The van der Waals surface area contributed by atoms with Crippen molar-refractivity contribution in [2.45, 2.75) is 6.42 Å². The average molecular weight is 371 g/mol. The highest BCUT2D eigenvalue weighted by Gasteiger charge is 2.22. The van der Waals surface area contributed by atoms with Crippen LogP contribution in [0.3, 0.4) is 0 Å². The van der Waals surface area contributed by atoms with E-state index in [0.29, 0.717) is 6.42 Å². The summed E-state index contributed by atoms with van der Waals surface area (Å²) in [5.74, 6) is 0.163. The van der Waals surface area contributed by atoms with E-state index in [1.165, 1.54) is 5.69 Å². The number of aromatic nitrogens is 2. The van der Waals surface area contributed by atoms with Crippen LogP contribution < -0.4 is 4.90 Å². The molecule has 0 aliphatic carbocycles. The Morgan fingerprint density at radius 2 is 1.88 bits per heavy atom. The number of thiophene rings is 1. The highest BCUT2D eigenvalue weighted by atomic mass is 32.1. The molecule has 0 unspecified atom stereocenters. The van der Waals surface area contributed by atoms with E-state index in [4.69, 9.17) is 0 Å². The molecule has 1 aliphatic rings. The van der Waals surface area contributed by atoms with Gasteiger partial charge in [0.2, 0.25) is 5.91 Å². The second-order valence-electron chi connectivity index (χ2n) is 5.91. The molecule has 4 rings (SSSR count). The molecule has 3 aromatic rings. The van der Waals surface area contributed by atoms with Crippen molar-refractivity contribution in [3.05, 3.63) is 52.4 Å². The Morgan fingerprint density at radius 1 is 1.08 bits per heavy atom. The molecule has 0 atom stereocenters. The van der Waals surface area contributed by atoms with Crippen LogP contribution in [0.15, 0.2) is 46.7 Å². The standard InChI is InChI=1S/C18H18N4OS2/c23-17(11-15-13-25-18(20-15)14-3-10-24-12-14)22-8-6-21(7-9-22)16-1-4-19-5-2-16/h1-5,10,12-13H,6-9,11H2. The first-order valence-corrected chi connectivity index (χ1v) is 10.0. The quantitative estimate of drug-likeness (QED) is 0.708. The molecule has 25 heavy (non-hydrogen) atoms. The molecule has 3 aromatic heterocycles. The van der Waals surface area contributed by atoms with Gasteiger partial charge in [0.15, 0.2) is 0 Å². The summed E-state index contributed by atoms with van der Waals surface area (Å²) in [6.07, 6.45) is 4.00. The summed E-state index contributed by atoms with van der Waals surface area (Å²) in [7, 11) is 0. The molecule has 0 bridgehead atoms. The molecular weight excluding hydrogens is 352 g/mol. The van der Waals surface area contributed by atoms with E-state index in [0.717, 1.165) is 42.4 Å². The Kier molecular flexibility index (Phi) is 4.76. The van der Waals surface area contributed by atoms with E-state index in [1.807, 2.05) is 27.8 Å². The Hall–Kier alpha value is -2.25. The maximum absolute atomic E-state index is 12.6. The topological polar surface area (TPSA) is 49.3 Å². The highest BCUT2D eigenvalue weighted by Crippen LogP contribution is 2.26. The van der Waals surface area contributed by atoms with Crippen LogP contribution in [0.1, 0.15) is 5.69 Å². The number of piperazine rings is 1. The fraction of sp³-hybridized carbons (Fsp3) is 0.278. The Bertz CT molecular complexity index is 824. The van der Waals surface area contributed by atoms with Gasteiger partial charge in [0.05, 0.1) is 12.1 Å². The van der Waals surface area contributed by atoms with Crippen molar-refractivity contribution in [3.8, 4) is 10.6 Å². The first-order valence-electron chi connectivity index (χ1n) is 8.19. The zero-order chi connectivity index (χ0) is 17.1. The Labute approximate surface area is 154 Å². The number of hydrogen-bond donors (Lipinski definition) is 0. The number of nitrogens with zero attached hydrogens (tertiary/aromatic N) is 4. The van der Waals surface area contributed by atoms with Crippen LogP contribution in [-0.2, 0) is 11.2 Å². The minimum absolute atomic E-state index is 0.163. The van der Waals surface area contributed by atoms with Gasteiger partial charge in [-0.3, -0.25) is 9.78 Å². The molecule has 7 heteroatoms. The van der Waals surface area contributed by atoms with Crippen molar-refractivity contribution in [3.63, 3.8) is 0 Å². The van der Waals surface area contributed by atoms with Crippen LogP contribution in [0.25, 0.3) is 10.6 Å². The van der Waals surface area contributed by atoms with Gasteiger partial charge >= 0.3 is 0 Å². The van der Waals surface area contributed by atoms with Crippen molar-refractivity contribution in [2.75, 3.05) is 31.1 Å². The van der Waals surface area contributed by atoms with Gasteiger partial charge in [-0.05, 0) is 23.6 Å². The molecule has 0 aromatic carbocycles. The summed E-state index contributed by atoms with van der Waals surface area (Å²) in [6, 6.07) is 6.09. The number of hydrogen-bond acceptors (Lipinski definition) is 6. The third-order valence-corrected chi connectivity index (χ3v) is 5.94. The summed E-state index contributed by atoms with van der Waals surface area (Å²) in [4.78, 5) is 25.5. The predicted octanol–water partition coefficient (Wildman–Crippen LogP) is 3.16. The molecule has 0 saturated carbocycles. The van der Waals surface area contributed by atoms with Gasteiger partial charge in [0, 0.05) is 60.6 Å². The van der Waals surface area contributed by atoms with Gasteiger partial charge in [-0.2, -0.15) is 11.3 Å². The molecule has 1 fully saturated rings. The Balaban J connectivity index is 1.34. The SMILES string of the molecule is O=C(Cc1csc(-c2ccsc2)n1)N1CCN(c2ccncc2)CC1. The number of amides is 1. The zero-order valence-electron chi connectivity index (χ0n) is 13.7. The minimum Gasteiger partial charge on any atom is -0.368 e. The second-order valence-corrected chi connectivity index (χ2v) is 7.54. The lowest BCUT2D eigenvalue weighted by atomic mass is 10.2. The lowest BCUT2D eigenvalue weighted by Gasteiger charge is -2.36. The maximum atomic E-state index is 12.6. The summed E-state index contributed by atoms with van der Waals surface area (Å²) in [5, 5.41) is 7.12. The number of pyridine rings is 1. The van der Waals surface area contributed by atoms with Crippen molar-refractivity contribution in [1.82, 2.24) is 14.9 Å². The van der Waals surface area contributed by atoms with E-state index in [9.17, 15) is 4.79 Å². The van der Waals surface area contributed by atoms with E-state index < -0.39 is 0 Å². The van der Waals surface area contributed by atoms with Crippen molar-refractivity contribution >= 4 is 34.3 Å². The molecule has 5 nitrogen and oxygen atoms in total. The third kappa shape index (κ3) is 3.72. The fourth-order valence-electron chi connectivity index (χ4n) is 2.94. The van der Waals surface area contributed by atoms with Crippen LogP contribution in [0.5, 0.6) is 0 Å². The smallest absolute Gasteiger partial charge is 0.228 e. The van der Waals surface area contributed by atoms with E-state index in [2.05, 4.69) is 26.3 Å². The van der Waals surface area contributed by atoms with Crippen LogP contribution in [0.2, 0.25) is 0 Å². The number of rotatable bonds is 4. The van der Waals surface area contributed by atoms with E-state index in [-0.39, 0.29) is 5.91 Å². The normalized spacial score (nSPS) is 14.7. The summed E-state index contributed by atoms with van der Waals surface area (Å²) in [6.45, 7) is 3.21. The largest absolute Gasteiger partial charge is 0.368 e. The molecular formula is C18H18N4OS2. The zero-order valence-corrected chi connectivity index (χ0v) is 15.3. The number of thiazole rings is 1. The molecule has 128 valence electrons. The number of carbonyl (C=O) groups is 1. The summed E-state index contributed by atoms with van der Waals surface area (Å²) < 4.78 is 0. The molecule has 0 radical (unpaired) electrons. The second kappa shape index (κ2) is 7.33. The fourth-order valence-corrected chi connectivity index (χ4v) is 4.47. The van der Waals surface area contributed by atoms with E-state index >= 15 is 0 Å². The van der Waals surface area contributed by atoms with Crippen LogP contribution >= 0.6 is 22.7 Å². The summed E-state index contributed by atoms with van der Waals surface area (Å²) >= 11 is 3.27. The highest BCUT2D eigenvalue weighted by molar-refractivity contribution is 7.14. The lowest BCUT2D eigenvalue weighted by molar-refractivity contribution is -0.130. The monoisotopic (exact) mass is 370 g/mol. The minimum atomic E-state index is 0.163. The van der Waals surface area contributed by atoms with Gasteiger partial charge in [-0.25, -0.2) is 4.98 Å². The van der Waals surface area contributed by atoms with Crippen LogP contribution in [0, 0.1) is 0 Å². The van der Waals surface area contributed by atoms with Crippen molar-refractivity contribution in [1.29, 1.82) is 0 Å². The van der Waals surface area contributed by atoms with Gasteiger partial charge in [-0.15, -0.1) is 11.3 Å². The molecule has 1 amide bonds. The van der Waals surface area contributed by atoms with Crippen molar-refractivity contribution in [2.24, 2.45) is 0 Å². The molecule has 1 aliphatic heterocycles. The van der Waals surface area contributed by atoms with Gasteiger partial charge < -0.3 is 9.80 Å². The van der Waals surface area contributed by atoms with Gasteiger partial charge in [0.1, 0.15) is 5.01 Å². The molecule has 0 spiro atoms. The average Bonchev–Trinajstić information content (AvgIpc) is 3.34. The number of carbonyl (C=O) groups excluding carboxylic acids is 1. The molecule has 0 N–H and O–H groups in total. The first kappa shape index (κ1) is 16.2. The van der Waals surface area contributed by atoms with Crippen molar-refractivity contribution < 1.29 is 4.79 Å². The third-order valence-electron chi connectivity index (χ3n) is 4.31.